The lowest BCUT2D eigenvalue weighted by Gasteiger charge is -2.11. The lowest BCUT2D eigenvalue weighted by Crippen LogP contribution is -2.07. The fraction of sp³-hybridized carbons (Fsp3) is 0.188. The first-order chi connectivity index (χ1) is 8.57. The van der Waals surface area contributed by atoms with Crippen molar-refractivity contribution in [3.05, 3.63) is 58.0 Å². The van der Waals surface area contributed by atoms with Crippen LogP contribution in [0.4, 0.5) is 0 Å². The summed E-state index contributed by atoms with van der Waals surface area (Å²) < 4.78 is 5.80. The van der Waals surface area contributed by atoms with Crippen LogP contribution < -0.4 is 5.43 Å². The highest BCUT2D eigenvalue weighted by atomic mass is 16.3. The molecule has 1 aromatic heterocycles. The van der Waals surface area contributed by atoms with Crippen molar-refractivity contribution in [2.75, 3.05) is 0 Å². The van der Waals surface area contributed by atoms with E-state index in [1.807, 2.05) is 42.5 Å². The van der Waals surface area contributed by atoms with Crippen molar-refractivity contribution in [3.63, 3.8) is 0 Å². The van der Waals surface area contributed by atoms with Crippen molar-refractivity contribution < 1.29 is 4.42 Å². The molecule has 0 saturated heterocycles. The summed E-state index contributed by atoms with van der Waals surface area (Å²) in [5.74, 6) is 0.639. The lowest BCUT2D eigenvalue weighted by molar-refractivity contribution is 0.587. The summed E-state index contributed by atoms with van der Waals surface area (Å²) in [7, 11) is 0. The van der Waals surface area contributed by atoms with Gasteiger partial charge in [-0.3, -0.25) is 4.79 Å². The number of allylic oxidation sites excluding steroid dienone is 2. The molecule has 2 aromatic rings. The van der Waals surface area contributed by atoms with Gasteiger partial charge in [-0.1, -0.05) is 44.2 Å². The third-order valence-corrected chi connectivity index (χ3v) is 3.21. The average molecular weight is 238 g/mol. The maximum Gasteiger partial charge on any atom is 0.200 e. The molecule has 1 aromatic carbocycles. The van der Waals surface area contributed by atoms with Crippen LogP contribution in [-0.4, -0.2) is 0 Å². The molecule has 3 rings (SSSR count). The molecule has 2 heteroatoms. The predicted octanol–water partition coefficient (Wildman–Crippen LogP) is 3.86. The Morgan fingerprint density at radius 2 is 1.78 bits per heavy atom. The van der Waals surface area contributed by atoms with Crippen LogP contribution in [0, 0.1) is 5.41 Å². The Labute approximate surface area is 105 Å². The predicted molar refractivity (Wildman–Crippen MR) is 74.3 cm³/mol. The summed E-state index contributed by atoms with van der Waals surface area (Å²) in [5, 5.41) is 0.633. The maximum absolute atomic E-state index is 12.4. The van der Waals surface area contributed by atoms with Gasteiger partial charge in [-0.25, -0.2) is 0 Å². The normalized spacial score (nSPS) is 16.6. The third kappa shape index (κ3) is 1.70. The minimum absolute atomic E-state index is 0.0328. The third-order valence-electron chi connectivity index (χ3n) is 3.21. The SMILES string of the molecule is CC1(C)C=Cc2oc3ccccc3c(=O)c2C=C1. The van der Waals surface area contributed by atoms with Crippen LogP contribution in [0.2, 0.25) is 0 Å². The van der Waals surface area contributed by atoms with Crippen LogP contribution >= 0.6 is 0 Å². The molecular weight excluding hydrogens is 224 g/mol. The Kier molecular flexibility index (Phi) is 2.27. The van der Waals surface area contributed by atoms with E-state index >= 15 is 0 Å². The highest BCUT2D eigenvalue weighted by molar-refractivity contribution is 5.81. The lowest BCUT2D eigenvalue weighted by atomic mass is 9.93. The Morgan fingerprint density at radius 1 is 1.06 bits per heavy atom. The van der Waals surface area contributed by atoms with E-state index in [0.29, 0.717) is 22.3 Å². The summed E-state index contributed by atoms with van der Waals surface area (Å²) in [6, 6.07) is 7.35. The maximum atomic E-state index is 12.4. The van der Waals surface area contributed by atoms with Crippen molar-refractivity contribution in [1.82, 2.24) is 0 Å². The number of fused-ring (bicyclic) bond motifs is 2. The number of hydrogen-bond donors (Lipinski definition) is 0. The Morgan fingerprint density at radius 3 is 2.61 bits per heavy atom. The van der Waals surface area contributed by atoms with Gasteiger partial charge in [0, 0.05) is 5.41 Å². The van der Waals surface area contributed by atoms with E-state index in [9.17, 15) is 4.79 Å². The first kappa shape index (κ1) is 11.0. The van der Waals surface area contributed by atoms with Gasteiger partial charge in [0.05, 0.1) is 10.9 Å². The molecule has 1 heterocycles. The van der Waals surface area contributed by atoms with Gasteiger partial charge in [-0.15, -0.1) is 0 Å². The van der Waals surface area contributed by atoms with E-state index in [4.69, 9.17) is 4.42 Å². The molecule has 0 spiro atoms. The Bertz CT molecular complexity index is 730. The zero-order valence-corrected chi connectivity index (χ0v) is 10.4. The van der Waals surface area contributed by atoms with Crippen LogP contribution in [0.5, 0.6) is 0 Å². The van der Waals surface area contributed by atoms with Gasteiger partial charge in [0.2, 0.25) is 5.43 Å². The topological polar surface area (TPSA) is 30.2 Å². The van der Waals surface area contributed by atoms with Crippen LogP contribution in [0.1, 0.15) is 25.2 Å². The zero-order valence-electron chi connectivity index (χ0n) is 10.4. The highest BCUT2D eigenvalue weighted by Crippen LogP contribution is 2.27. The van der Waals surface area contributed by atoms with E-state index in [0.717, 1.165) is 0 Å². The number of hydrogen-bond acceptors (Lipinski definition) is 2. The molecule has 18 heavy (non-hydrogen) atoms. The number of para-hydroxylation sites is 1. The Hall–Kier alpha value is -2.09. The molecule has 1 aliphatic rings. The average Bonchev–Trinajstić information content (AvgIpc) is 2.50. The molecule has 0 aliphatic heterocycles. The molecular formula is C16H14O2. The van der Waals surface area contributed by atoms with Gasteiger partial charge in [-0.05, 0) is 18.2 Å². The summed E-state index contributed by atoms with van der Waals surface area (Å²) in [6.07, 6.45) is 7.84. The summed E-state index contributed by atoms with van der Waals surface area (Å²) in [5.41, 5.74) is 1.24. The van der Waals surface area contributed by atoms with Crippen molar-refractivity contribution in [1.29, 1.82) is 0 Å². The molecule has 2 nitrogen and oxygen atoms in total. The second kappa shape index (κ2) is 3.70. The molecule has 0 radical (unpaired) electrons. The standard InChI is InChI=1S/C16H14O2/c1-16(2)9-7-12-14(8-10-16)18-13-6-4-3-5-11(13)15(12)17/h3-10H,1-2H3. The molecule has 1 aliphatic carbocycles. The number of rotatable bonds is 0. The van der Waals surface area contributed by atoms with Crippen molar-refractivity contribution >= 4 is 23.1 Å². The minimum Gasteiger partial charge on any atom is -0.456 e. The van der Waals surface area contributed by atoms with Crippen molar-refractivity contribution in [2.24, 2.45) is 5.41 Å². The molecule has 0 bridgehead atoms. The monoisotopic (exact) mass is 238 g/mol. The minimum atomic E-state index is -0.0623. The highest BCUT2D eigenvalue weighted by Gasteiger charge is 2.17. The van der Waals surface area contributed by atoms with E-state index < -0.39 is 0 Å². The zero-order chi connectivity index (χ0) is 12.8. The Balaban J connectivity index is 2.39. The van der Waals surface area contributed by atoms with Crippen LogP contribution in [0.15, 0.2) is 45.6 Å². The van der Waals surface area contributed by atoms with Gasteiger partial charge in [0.1, 0.15) is 11.3 Å². The van der Waals surface area contributed by atoms with Crippen LogP contribution in [0.25, 0.3) is 23.1 Å². The summed E-state index contributed by atoms with van der Waals surface area (Å²) in [4.78, 5) is 12.4. The fourth-order valence-corrected chi connectivity index (χ4v) is 2.10. The van der Waals surface area contributed by atoms with Gasteiger partial charge < -0.3 is 4.42 Å². The van der Waals surface area contributed by atoms with Crippen molar-refractivity contribution in [2.45, 2.75) is 13.8 Å². The summed E-state index contributed by atoms with van der Waals surface area (Å²) in [6.45, 7) is 4.19. The van der Waals surface area contributed by atoms with Crippen molar-refractivity contribution in [3.8, 4) is 0 Å². The molecule has 0 fully saturated rings. The van der Waals surface area contributed by atoms with Crippen LogP contribution in [-0.2, 0) is 0 Å². The second-order valence-electron chi connectivity index (χ2n) is 5.19. The fourth-order valence-electron chi connectivity index (χ4n) is 2.10. The second-order valence-corrected chi connectivity index (χ2v) is 5.19. The van der Waals surface area contributed by atoms with Crippen LogP contribution in [0.3, 0.4) is 0 Å². The first-order valence-corrected chi connectivity index (χ1v) is 6.01. The van der Waals surface area contributed by atoms with E-state index in [2.05, 4.69) is 13.8 Å². The van der Waals surface area contributed by atoms with E-state index in [-0.39, 0.29) is 10.8 Å². The first-order valence-electron chi connectivity index (χ1n) is 6.01. The van der Waals surface area contributed by atoms with Gasteiger partial charge in [0.25, 0.3) is 0 Å². The van der Waals surface area contributed by atoms with E-state index in [1.165, 1.54) is 0 Å². The molecule has 0 saturated carbocycles. The van der Waals surface area contributed by atoms with E-state index in [1.54, 1.807) is 6.07 Å². The largest absolute Gasteiger partial charge is 0.456 e. The molecule has 90 valence electrons. The van der Waals surface area contributed by atoms with Gasteiger partial charge >= 0.3 is 0 Å². The summed E-state index contributed by atoms with van der Waals surface area (Å²) >= 11 is 0. The quantitative estimate of drug-likeness (QED) is 0.697. The molecule has 0 N–H and O–H groups in total. The smallest absolute Gasteiger partial charge is 0.200 e. The molecule has 0 unspecified atom stereocenters. The molecule has 0 amide bonds. The van der Waals surface area contributed by atoms with Gasteiger partial charge in [-0.2, -0.15) is 0 Å². The number of benzene rings is 1. The molecule has 0 atom stereocenters. The van der Waals surface area contributed by atoms with Gasteiger partial charge in [0.15, 0.2) is 0 Å².